The number of methoxy groups -OCH3 is 1. The van der Waals surface area contributed by atoms with Crippen molar-refractivity contribution in [2.75, 3.05) is 7.11 Å². The van der Waals surface area contributed by atoms with Crippen LogP contribution in [0.3, 0.4) is 0 Å². The van der Waals surface area contributed by atoms with Crippen molar-refractivity contribution in [3.8, 4) is 5.75 Å². The Morgan fingerprint density at radius 2 is 1.54 bits per heavy atom. The van der Waals surface area contributed by atoms with E-state index in [1.165, 1.54) is 0 Å². The van der Waals surface area contributed by atoms with Crippen molar-refractivity contribution in [3.63, 3.8) is 0 Å². The minimum Gasteiger partial charge on any atom is -0.496 e. The third-order valence-corrected chi connectivity index (χ3v) is 4.86. The molecule has 3 nitrogen and oxygen atoms in total. The van der Waals surface area contributed by atoms with Gasteiger partial charge < -0.3 is 9.47 Å². The fourth-order valence-electron chi connectivity index (χ4n) is 2.70. The van der Waals surface area contributed by atoms with Gasteiger partial charge in [0.2, 0.25) is 0 Å². The molecule has 0 radical (unpaired) electrons. The molecule has 3 rings (SSSR count). The lowest BCUT2D eigenvalue weighted by atomic mass is 10.0. The predicted molar refractivity (Wildman–Crippen MR) is 114 cm³/mol. The highest BCUT2D eigenvalue weighted by molar-refractivity contribution is 6.36. The molecule has 5 heteroatoms. The maximum atomic E-state index is 12.9. The molecule has 0 saturated carbocycles. The van der Waals surface area contributed by atoms with Crippen LogP contribution in [0.2, 0.25) is 10.0 Å². The zero-order chi connectivity index (χ0) is 19.9. The van der Waals surface area contributed by atoms with Crippen molar-refractivity contribution >= 4 is 40.8 Å². The molecule has 0 amide bonds. The summed E-state index contributed by atoms with van der Waals surface area (Å²) in [7, 11) is 1.59. The summed E-state index contributed by atoms with van der Waals surface area (Å²) in [5, 5.41) is 0.908. The van der Waals surface area contributed by atoms with E-state index < -0.39 is 5.97 Å². The fraction of sp³-hybridized carbons (Fsp3) is 0.0870. The molecular formula is C23H18Cl2O3. The summed E-state index contributed by atoms with van der Waals surface area (Å²) >= 11 is 12.3. The monoisotopic (exact) mass is 412 g/mol. The number of carbonyl (C=O) groups is 1. The van der Waals surface area contributed by atoms with Gasteiger partial charge in [0.05, 0.1) is 12.7 Å². The Labute approximate surface area is 174 Å². The summed E-state index contributed by atoms with van der Waals surface area (Å²) in [4.78, 5) is 12.9. The van der Waals surface area contributed by atoms with E-state index in [4.69, 9.17) is 32.7 Å². The van der Waals surface area contributed by atoms with Crippen LogP contribution in [-0.2, 0) is 16.1 Å². The van der Waals surface area contributed by atoms with Gasteiger partial charge in [0.1, 0.15) is 12.4 Å². The third kappa shape index (κ3) is 4.75. The van der Waals surface area contributed by atoms with E-state index in [0.717, 1.165) is 11.1 Å². The molecule has 0 aliphatic carbocycles. The molecule has 3 aromatic carbocycles. The molecule has 0 bridgehead atoms. The molecule has 0 fully saturated rings. The lowest BCUT2D eigenvalue weighted by Crippen LogP contribution is -2.08. The van der Waals surface area contributed by atoms with Gasteiger partial charge in [-0.3, -0.25) is 0 Å². The Morgan fingerprint density at radius 1 is 0.893 bits per heavy atom. The van der Waals surface area contributed by atoms with Crippen LogP contribution in [-0.4, -0.2) is 13.1 Å². The number of esters is 1. The molecule has 0 atom stereocenters. The normalized spacial score (nSPS) is 11.2. The number of halogens is 2. The van der Waals surface area contributed by atoms with Gasteiger partial charge in [-0.1, -0.05) is 77.8 Å². The Balaban J connectivity index is 1.93. The maximum Gasteiger partial charge on any atom is 0.339 e. The molecule has 0 heterocycles. The number of hydrogen-bond acceptors (Lipinski definition) is 3. The Morgan fingerprint density at radius 3 is 2.21 bits per heavy atom. The fourth-order valence-corrected chi connectivity index (χ4v) is 3.21. The highest BCUT2D eigenvalue weighted by Crippen LogP contribution is 2.28. The summed E-state index contributed by atoms with van der Waals surface area (Å²) in [5.74, 6) is 0.186. The van der Waals surface area contributed by atoms with Crippen LogP contribution in [0.4, 0.5) is 0 Å². The van der Waals surface area contributed by atoms with E-state index in [9.17, 15) is 4.79 Å². The Kier molecular flexibility index (Phi) is 6.75. The van der Waals surface area contributed by atoms with Gasteiger partial charge in [0, 0.05) is 21.2 Å². The topological polar surface area (TPSA) is 35.5 Å². The van der Waals surface area contributed by atoms with Gasteiger partial charge in [0.25, 0.3) is 0 Å². The van der Waals surface area contributed by atoms with Crippen molar-refractivity contribution in [1.82, 2.24) is 0 Å². The molecule has 0 aliphatic rings. The van der Waals surface area contributed by atoms with Crippen molar-refractivity contribution < 1.29 is 14.3 Å². The molecule has 0 saturated heterocycles. The number of hydrogen-bond donors (Lipinski definition) is 0. The van der Waals surface area contributed by atoms with Crippen molar-refractivity contribution in [2.24, 2.45) is 0 Å². The highest BCUT2D eigenvalue weighted by atomic mass is 35.5. The van der Waals surface area contributed by atoms with Crippen LogP contribution in [0.5, 0.6) is 5.75 Å². The third-order valence-electron chi connectivity index (χ3n) is 4.15. The number of carbonyl (C=O) groups excluding carboxylic acids is 1. The number of benzene rings is 3. The second kappa shape index (κ2) is 9.45. The molecule has 0 N–H and O–H groups in total. The summed E-state index contributed by atoms with van der Waals surface area (Å²) in [6.45, 7) is -0.0204. The van der Waals surface area contributed by atoms with Crippen molar-refractivity contribution in [1.29, 1.82) is 0 Å². The van der Waals surface area contributed by atoms with E-state index in [0.29, 0.717) is 26.9 Å². The van der Waals surface area contributed by atoms with E-state index in [1.807, 2.05) is 54.6 Å². The van der Waals surface area contributed by atoms with E-state index in [1.54, 1.807) is 31.4 Å². The van der Waals surface area contributed by atoms with Gasteiger partial charge in [-0.25, -0.2) is 4.79 Å². The quantitative estimate of drug-likeness (QED) is 0.271. The summed E-state index contributed by atoms with van der Waals surface area (Å²) in [5.41, 5.74) is 2.50. The van der Waals surface area contributed by atoms with Gasteiger partial charge >= 0.3 is 5.97 Å². The predicted octanol–water partition coefficient (Wildman–Crippen LogP) is 6.29. The second-order valence-electron chi connectivity index (χ2n) is 5.94. The number of rotatable bonds is 6. The van der Waals surface area contributed by atoms with E-state index in [-0.39, 0.29) is 6.61 Å². The van der Waals surface area contributed by atoms with Gasteiger partial charge in [-0.05, 0) is 29.8 Å². The average Bonchev–Trinajstić information content (AvgIpc) is 2.72. The van der Waals surface area contributed by atoms with Gasteiger partial charge in [0.15, 0.2) is 0 Å². The Bertz CT molecular complexity index is 977. The summed E-state index contributed by atoms with van der Waals surface area (Å²) in [6, 6.07) is 21.9. The molecule has 0 aliphatic heterocycles. The minimum atomic E-state index is -0.479. The molecular weight excluding hydrogens is 395 g/mol. The smallest absolute Gasteiger partial charge is 0.339 e. The van der Waals surface area contributed by atoms with E-state index >= 15 is 0 Å². The largest absolute Gasteiger partial charge is 0.496 e. The molecule has 0 spiro atoms. The van der Waals surface area contributed by atoms with Crippen LogP contribution in [0.25, 0.3) is 11.6 Å². The van der Waals surface area contributed by atoms with E-state index in [2.05, 4.69) is 0 Å². The van der Waals surface area contributed by atoms with Crippen LogP contribution < -0.4 is 4.74 Å². The average molecular weight is 413 g/mol. The number of ether oxygens (including phenoxy) is 2. The molecule has 3 aromatic rings. The minimum absolute atomic E-state index is 0.0204. The lowest BCUT2D eigenvalue weighted by Gasteiger charge is -2.12. The first-order valence-electron chi connectivity index (χ1n) is 8.60. The van der Waals surface area contributed by atoms with Crippen LogP contribution in [0.1, 0.15) is 16.7 Å². The maximum absolute atomic E-state index is 12.9. The van der Waals surface area contributed by atoms with Crippen molar-refractivity contribution in [3.05, 3.63) is 99.5 Å². The van der Waals surface area contributed by atoms with Crippen LogP contribution in [0.15, 0.2) is 72.8 Å². The first-order valence-corrected chi connectivity index (χ1v) is 9.36. The standard InChI is InChI=1S/C23H18Cl2O3/c1-27-22-13-6-5-10-17(22)14-18(16-8-3-2-4-9-16)23(26)28-15-19-20(24)11-7-12-21(19)25/h2-14H,15H2,1H3. The van der Waals surface area contributed by atoms with Crippen LogP contribution >= 0.6 is 23.2 Å². The van der Waals surface area contributed by atoms with Gasteiger partial charge in [-0.2, -0.15) is 0 Å². The Hall–Kier alpha value is -2.75. The zero-order valence-electron chi connectivity index (χ0n) is 15.2. The lowest BCUT2D eigenvalue weighted by molar-refractivity contribution is -0.137. The zero-order valence-corrected chi connectivity index (χ0v) is 16.7. The first-order chi connectivity index (χ1) is 13.6. The summed E-state index contributed by atoms with van der Waals surface area (Å²) in [6.07, 6.45) is 1.75. The molecule has 0 unspecified atom stereocenters. The molecule has 28 heavy (non-hydrogen) atoms. The highest BCUT2D eigenvalue weighted by Gasteiger charge is 2.16. The number of para-hydroxylation sites is 1. The first kappa shape index (κ1) is 20.0. The molecule has 0 aromatic heterocycles. The second-order valence-corrected chi connectivity index (χ2v) is 6.76. The SMILES string of the molecule is COc1ccccc1C=C(C(=O)OCc1c(Cl)cccc1Cl)c1ccccc1. The van der Waals surface area contributed by atoms with Gasteiger partial charge in [-0.15, -0.1) is 0 Å². The van der Waals surface area contributed by atoms with Crippen LogP contribution in [0, 0.1) is 0 Å². The van der Waals surface area contributed by atoms with Crippen molar-refractivity contribution in [2.45, 2.75) is 6.61 Å². The molecule has 142 valence electrons. The summed E-state index contributed by atoms with van der Waals surface area (Å²) < 4.78 is 10.9.